The number of aryl methyl sites for hydroxylation is 1. The Bertz CT molecular complexity index is 654. The summed E-state index contributed by atoms with van der Waals surface area (Å²) in [6.07, 6.45) is 4.56. The molecule has 1 N–H and O–H groups in total. The summed E-state index contributed by atoms with van der Waals surface area (Å²) in [6, 6.07) is 5.24. The number of hydrogen-bond donors (Lipinski definition) is 1. The van der Waals surface area contributed by atoms with Gasteiger partial charge in [0.15, 0.2) is 9.84 Å². The minimum Gasteiger partial charge on any atom is -0.481 e. The second-order valence-electron chi connectivity index (χ2n) is 5.84. The lowest BCUT2D eigenvalue weighted by Gasteiger charge is -2.33. The van der Waals surface area contributed by atoms with Crippen LogP contribution in [0.5, 0.6) is 0 Å². The molecule has 1 saturated carbocycles. The molecule has 1 aromatic carbocycles. The zero-order valence-corrected chi connectivity index (χ0v) is 12.1. The summed E-state index contributed by atoms with van der Waals surface area (Å²) in [5, 5.41) is 9.67. The maximum Gasteiger partial charge on any atom is 0.314 e. The molecule has 3 rings (SSSR count). The average molecular weight is 294 g/mol. The molecule has 5 heteroatoms. The van der Waals surface area contributed by atoms with Gasteiger partial charge in [-0.1, -0.05) is 31.4 Å². The number of aliphatic carboxylic acids is 1. The highest BCUT2D eigenvalue weighted by molar-refractivity contribution is 7.91. The highest BCUT2D eigenvalue weighted by atomic mass is 32.2. The largest absolute Gasteiger partial charge is 0.481 e. The molecule has 0 amide bonds. The topological polar surface area (TPSA) is 71.4 Å². The maximum absolute atomic E-state index is 12.0. The van der Waals surface area contributed by atoms with Crippen LogP contribution in [0.4, 0.5) is 0 Å². The number of carbonyl (C=O) groups is 1. The van der Waals surface area contributed by atoms with Crippen molar-refractivity contribution < 1.29 is 18.3 Å². The van der Waals surface area contributed by atoms with Gasteiger partial charge in [-0.3, -0.25) is 4.79 Å². The van der Waals surface area contributed by atoms with Crippen LogP contribution in [0.2, 0.25) is 0 Å². The molecule has 0 bridgehead atoms. The molecule has 4 nitrogen and oxygen atoms in total. The van der Waals surface area contributed by atoms with E-state index in [1.54, 1.807) is 12.1 Å². The van der Waals surface area contributed by atoms with Crippen LogP contribution in [-0.2, 0) is 26.5 Å². The molecule has 0 aromatic heterocycles. The molecule has 0 atom stereocenters. The molecule has 0 unspecified atom stereocenters. The van der Waals surface area contributed by atoms with E-state index in [1.807, 2.05) is 6.07 Å². The van der Waals surface area contributed by atoms with Crippen LogP contribution in [0.1, 0.15) is 43.2 Å². The molecule has 0 radical (unpaired) electrons. The molecule has 20 heavy (non-hydrogen) atoms. The van der Waals surface area contributed by atoms with Crippen molar-refractivity contribution in [3.63, 3.8) is 0 Å². The van der Waals surface area contributed by atoms with Crippen LogP contribution in [0.25, 0.3) is 0 Å². The maximum atomic E-state index is 12.0. The standard InChI is InChI=1S/C15H18O4S/c16-14(17)15(7-2-1-3-8-15)12-5-4-11-6-9-20(18,19)13(11)10-12/h4-5,10H,1-3,6-9H2,(H,16,17). The van der Waals surface area contributed by atoms with Crippen molar-refractivity contribution in [2.24, 2.45) is 0 Å². The molecule has 108 valence electrons. The molecule has 0 spiro atoms. The van der Waals surface area contributed by atoms with Gasteiger partial charge in [0.2, 0.25) is 0 Å². The van der Waals surface area contributed by atoms with Crippen molar-refractivity contribution in [1.29, 1.82) is 0 Å². The molecule has 1 aliphatic carbocycles. The predicted octanol–water partition coefficient (Wildman–Crippen LogP) is 2.30. The minimum absolute atomic E-state index is 0.145. The quantitative estimate of drug-likeness (QED) is 0.908. The van der Waals surface area contributed by atoms with Crippen LogP contribution in [-0.4, -0.2) is 25.2 Å². The first-order chi connectivity index (χ1) is 9.46. The second-order valence-corrected chi connectivity index (χ2v) is 7.92. The van der Waals surface area contributed by atoms with E-state index in [4.69, 9.17) is 0 Å². The Morgan fingerprint density at radius 2 is 1.85 bits per heavy atom. The van der Waals surface area contributed by atoms with Gasteiger partial charge >= 0.3 is 5.97 Å². The lowest BCUT2D eigenvalue weighted by atomic mass is 9.69. The van der Waals surface area contributed by atoms with Gasteiger partial charge in [0.1, 0.15) is 0 Å². The fourth-order valence-electron chi connectivity index (χ4n) is 3.48. The molecule has 0 saturated heterocycles. The first kappa shape index (κ1) is 13.6. The Hall–Kier alpha value is -1.36. The van der Waals surface area contributed by atoms with E-state index in [2.05, 4.69) is 0 Å². The number of rotatable bonds is 2. The van der Waals surface area contributed by atoms with E-state index in [9.17, 15) is 18.3 Å². The smallest absolute Gasteiger partial charge is 0.314 e. The van der Waals surface area contributed by atoms with Gasteiger partial charge in [-0.15, -0.1) is 0 Å². The molecule has 1 aliphatic heterocycles. The van der Waals surface area contributed by atoms with Gasteiger partial charge in [-0.25, -0.2) is 8.42 Å². The number of benzene rings is 1. The first-order valence-electron chi connectivity index (χ1n) is 7.05. The number of hydrogen-bond acceptors (Lipinski definition) is 3. The third-order valence-corrected chi connectivity index (χ3v) is 6.50. The van der Waals surface area contributed by atoms with Crippen molar-refractivity contribution in [1.82, 2.24) is 0 Å². The minimum atomic E-state index is -3.21. The van der Waals surface area contributed by atoms with Gasteiger partial charge in [0.05, 0.1) is 16.1 Å². The third-order valence-electron chi connectivity index (χ3n) is 4.71. The van der Waals surface area contributed by atoms with Crippen LogP contribution >= 0.6 is 0 Å². The molecular weight excluding hydrogens is 276 g/mol. The SMILES string of the molecule is O=C(O)C1(c2ccc3c(c2)S(=O)(=O)CC3)CCCCC1. The lowest BCUT2D eigenvalue weighted by molar-refractivity contribution is -0.145. The Balaban J connectivity index is 2.12. The van der Waals surface area contributed by atoms with Crippen molar-refractivity contribution >= 4 is 15.8 Å². The summed E-state index contributed by atoms with van der Waals surface area (Å²) >= 11 is 0. The van der Waals surface area contributed by atoms with E-state index in [0.29, 0.717) is 29.7 Å². The van der Waals surface area contributed by atoms with Gasteiger partial charge in [0.25, 0.3) is 0 Å². The molecule has 1 heterocycles. The third kappa shape index (κ3) is 1.95. The van der Waals surface area contributed by atoms with Crippen LogP contribution in [0.15, 0.2) is 23.1 Å². The summed E-state index contributed by atoms with van der Waals surface area (Å²) < 4.78 is 24.0. The molecule has 2 aliphatic rings. The number of carboxylic acids is 1. The lowest BCUT2D eigenvalue weighted by Crippen LogP contribution is -2.37. The molecular formula is C15H18O4S. The Labute approximate surface area is 118 Å². The molecule has 1 fully saturated rings. The number of sulfone groups is 1. The Morgan fingerprint density at radius 3 is 2.50 bits per heavy atom. The highest BCUT2D eigenvalue weighted by Gasteiger charge is 2.42. The van der Waals surface area contributed by atoms with E-state index < -0.39 is 21.2 Å². The average Bonchev–Trinajstić information content (AvgIpc) is 2.75. The van der Waals surface area contributed by atoms with Gasteiger partial charge in [0, 0.05) is 0 Å². The highest BCUT2D eigenvalue weighted by Crippen LogP contribution is 2.41. The van der Waals surface area contributed by atoms with E-state index in [1.165, 1.54) is 0 Å². The number of carboxylic acid groups (broad SMARTS) is 1. The van der Waals surface area contributed by atoms with Crippen molar-refractivity contribution in [3.8, 4) is 0 Å². The monoisotopic (exact) mass is 294 g/mol. The van der Waals surface area contributed by atoms with E-state index >= 15 is 0 Å². The van der Waals surface area contributed by atoms with Gasteiger partial charge < -0.3 is 5.11 Å². The van der Waals surface area contributed by atoms with Crippen LogP contribution in [0, 0.1) is 0 Å². The van der Waals surface area contributed by atoms with Crippen LogP contribution in [0.3, 0.4) is 0 Å². The Morgan fingerprint density at radius 1 is 1.15 bits per heavy atom. The van der Waals surface area contributed by atoms with Crippen molar-refractivity contribution in [2.45, 2.75) is 48.8 Å². The Kier molecular flexibility index (Phi) is 3.12. The zero-order valence-electron chi connectivity index (χ0n) is 11.3. The summed E-state index contributed by atoms with van der Waals surface area (Å²) in [5.74, 6) is -0.682. The van der Waals surface area contributed by atoms with Gasteiger partial charge in [-0.2, -0.15) is 0 Å². The van der Waals surface area contributed by atoms with Crippen LogP contribution < -0.4 is 0 Å². The summed E-state index contributed by atoms with van der Waals surface area (Å²) in [6.45, 7) is 0. The fourth-order valence-corrected chi connectivity index (χ4v) is 5.07. The van der Waals surface area contributed by atoms with Crippen molar-refractivity contribution in [3.05, 3.63) is 29.3 Å². The zero-order chi connectivity index (χ0) is 14.4. The second kappa shape index (κ2) is 4.58. The predicted molar refractivity (Wildman–Crippen MR) is 74.6 cm³/mol. The van der Waals surface area contributed by atoms with E-state index in [0.717, 1.165) is 24.8 Å². The summed E-state index contributed by atoms with van der Waals surface area (Å²) in [5.41, 5.74) is 0.588. The van der Waals surface area contributed by atoms with E-state index in [-0.39, 0.29) is 5.75 Å². The summed E-state index contributed by atoms with van der Waals surface area (Å²) in [4.78, 5) is 12.1. The number of fused-ring (bicyclic) bond motifs is 1. The normalized spacial score (nSPS) is 23.2. The van der Waals surface area contributed by atoms with Gasteiger partial charge in [-0.05, 0) is 36.5 Å². The first-order valence-corrected chi connectivity index (χ1v) is 8.70. The summed E-state index contributed by atoms with van der Waals surface area (Å²) in [7, 11) is -3.21. The molecule has 1 aromatic rings. The fraction of sp³-hybridized carbons (Fsp3) is 0.533. The van der Waals surface area contributed by atoms with Crippen molar-refractivity contribution in [2.75, 3.05) is 5.75 Å².